The van der Waals surface area contributed by atoms with Gasteiger partial charge in [-0.25, -0.2) is 9.97 Å². The van der Waals surface area contributed by atoms with E-state index in [-0.39, 0.29) is 0 Å². The molecule has 0 aliphatic rings. The van der Waals surface area contributed by atoms with Gasteiger partial charge in [-0.2, -0.15) is 0 Å². The van der Waals surface area contributed by atoms with Crippen molar-refractivity contribution in [2.24, 2.45) is 0 Å². The van der Waals surface area contributed by atoms with E-state index in [0.717, 1.165) is 36.0 Å². The fourth-order valence-corrected chi connectivity index (χ4v) is 19.1. The number of rotatable bonds is 59. The highest BCUT2D eigenvalue weighted by Gasteiger charge is 2.30. The zero-order valence-corrected chi connectivity index (χ0v) is 64.9. The minimum absolute atomic E-state index is 0.563. The van der Waals surface area contributed by atoms with E-state index in [1.807, 2.05) is 11.3 Å². The molecule has 0 aliphatic heterocycles. The van der Waals surface area contributed by atoms with Gasteiger partial charge in [0.25, 0.3) is 0 Å². The maximum atomic E-state index is 6.14. The maximum absolute atomic E-state index is 6.14. The molecule has 3 nitrogen and oxygen atoms in total. The van der Waals surface area contributed by atoms with Crippen molar-refractivity contribution >= 4 is 65.2 Å². The highest BCUT2D eigenvalue weighted by molar-refractivity contribution is 7.23. The van der Waals surface area contributed by atoms with E-state index in [1.54, 1.807) is 31.3 Å². The molecule has 0 spiro atoms. The molecular formula is C87H143N3S3. The lowest BCUT2D eigenvalue weighted by Gasteiger charge is -2.24. The molecule has 0 radical (unpaired) electrons. The number of fused-ring (bicyclic) bond motifs is 3. The predicted molar refractivity (Wildman–Crippen MR) is 423 cm³/mol. The molecule has 0 bridgehead atoms. The van der Waals surface area contributed by atoms with E-state index in [9.17, 15) is 0 Å². The Labute approximate surface area is 586 Å². The molecular weight excluding hydrogens is 1180 g/mol. The Morgan fingerprint density at radius 3 is 1.05 bits per heavy atom. The highest BCUT2D eigenvalue weighted by Crippen LogP contribution is 2.52. The van der Waals surface area contributed by atoms with Crippen LogP contribution < -0.4 is 0 Å². The molecule has 6 heteroatoms. The first-order valence-electron chi connectivity index (χ1n) is 41.1. The lowest BCUT2D eigenvalue weighted by molar-refractivity contribution is 0.488. The Kier molecular flexibility index (Phi) is 41.7. The summed E-state index contributed by atoms with van der Waals surface area (Å²) in [5.41, 5.74) is 12.0. The molecule has 5 heterocycles. The number of aromatic nitrogens is 3. The van der Waals surface area contributed by atoms with Gasteiger partial charge in [-0.05, 0) is 136 Å². The molecule has 0 unspecified atom stereocenters. The SMILES string of the molecule is CCCCCCCCCCCCc1nc2c(-c3cc4c(C(CCCCCCCC)CCCCCCCC)c5sc(C)cc5c(C(CCCCCCCC)CCCCCCCC)c4s3)cnc(-c3sc(C)cc3CCCCCC)c2nc1CCCCCCCCCCCC. The van der Waals surface area contributed by atoms with Crippen molar-refractivity contribution in [1.29, 1.82) is 0 Å². The second kappa shape index (κ2) is 48.9. The Morgan fingerprint density at radius 1 is 0.323 bits per heavy atom. The van der Waals surface area contributed by atoms with Gasteiger partial charge in [-0.1, -0.05) is 337 Å². The normalized spacial score (nSPS) is 12.1. The van der Waals surface area contributed by atoms with Crippen molar-refractivity contribution in [3.63, 3.8) is 0 Å². The van der Waals surface area contributed by atoms with Gasteiger partial charge >= 0.3 is 0 Å². The third-order valence-electron chi connectivity index (χ3n) is 21.2. The van der Waals surface area contributed by atoms with Gasteiger partial charge in [-0.3, -0.25) is 4.98 Å². The highest BCUT2D eigenvalue weighted by atomic mass is 32.1. The van der Waals surface area contributed by atoms with Crippen molar-refractivity contribution in [2.75, 3.05) is 0 Å². The fraction of sp³-hybridized carbons (Fsp3) is 0.759. The molecule has 0 saturated heterocycles. The number of nitrogens with zero attached hydrogens (tertiary/aromatic N) is 3. The van der Waals surface area contributed by atoms with Crippen LogP contribution in [0.15, 0.2) is 24.4 Å². The second-order valence-electron chi connectivity index (χ2n) is 29.6. The van der Waals surface area contributed by atoms with Crippen LogP contribution in [0.25, 0.3) is 52.2 Å². The van der Waals surface area contributed by atoms with E-state index in [1.165, 1.54) is 376 Å². The molecule has 93 heavy (non-hydrogen) atoms. The maximum Gasteiger partial charge on any atom is 0.117 e. The summed E-state index contributed by atoms with van der Waals surface area (Å²) in [6.45, 7) is 21.2. The van der Waals surface area contributed by atoms with Gasteiger partial charge in [-0.15, -0.1) is 34.0 Å². The topological polar surface area (TPSA) is 38.7 Å². The number of thiophene rings is 3. The lowest BCUT2D eigenvalue weighted by atomic mass is 9.81. The van der Waals surface area contributed by atoms with Crippen LogP contribution in [0, 0.1) is 13.8 Å². The largest absolute Gasteiger partial charge is 0.252 e. The van der Waals surface area contributed by atoms with E-state index >= 15 is 0 Å². The van der Waals surface area contributed by atoms with Gasteiger partial charge in [0.1, 0.15) is 16.7 Å². The summed E-state index contributed by atoms with van der Waals surface area (Å²) in [4.78, 5) is 23.6. The zero-order chi connectivity index (χ0) is 65.9. The summed E-state index contributed by atoms with van der Waals surface area (Å²) in [5, 5.41) is 3.22. The van der Waals surface area contributed by atoms with Gasteiger partial charge in [0, 0.05) is 35.8 Å². The van der Waals surface area contributed by atoms with Crippen LogP contribution in [0.4, 0.5) is 0 Å². The smallest absolute Gasteiger partial charge is 0.117 e. The van der Waals surface area contributed by atoms with Crippen molar-refractivity contribution in [3.8, 4) is 21.0 Å². The monoisotopic (exact) mass is 1330 g/mol. The third-order valence-corrected chi connectivity index (χ3v) is 24.6. The number of pyridine rings is 1. The van der Waals surface area contributed by atoms with Crippen LogP contribution in [0.1, 0.15) is 432 Å². The van der Waals surface area contributed by atoms with Crippen LogP contribution in [0.5, 0.6) is 0 Å². The number of benzene rings is 1. The molecule has 0 aliphatic carbocycles. The van der Waals surface area contributed by atoms with Gasteiger partial charge < -0.3 is 0 Å². The molecule has 5 aromatic heterocycles. The quantitative estimate of drug-likeness (QED) is 0.0357. The zero-order valence-electron chi connectivity index (χ0n) is 62.4. The van der Waals surface area contributed by atoms with Gasteiger partial charge in [0.05, 0.1) is 16.3 Å². The van der Waals surface area contributed by atoms with E-state index in [2.05, 4.69) is 109 Å². The van der Waals surface area contributed by atoms with Crippen molar-refractivity contribution in [3.05, 3.63) is 62.2 Å². The Balaban J connectivity index is 1.57. The molecule has 0 N–H and O–H groups in total. The molecule has 1 aromatic carbocycles. The number of hydrogen-bond acceptors (Lipinski definition) is 6. The number of hydrogen-bond donors (Lipinski definition) is 0. The number of aryl methyl sites for hydroxylation is 5. The molecule has 6 rings (SSSR count). The van der Waals surface area contributed by atoms with Crippen LogP contribution in [0.2, 0.25) is 0 Å². The first kappa shape index (κ1) is 79.3. The molecule has 0 fully saturated rings. The number of unbranched alkanes of at least 4 members (excludes halogenated alkanes) is 41. The van der Waals surface area contributed by atoms with Crippen LogP contribution >= 0.6 is 34.0 Å². The molecule has 524 valence electrons. The Bertz CT molecular complexity index is 2740. The average Bonchev–Trinajstić information content (AvgIpc) is 1.61. The molecule has 0 saturated carbocycles. The Morgan fingerprint density at radius 2 is 0.645 bits per heavy atom. The minimum Gasteiger partial charge on any atom is -0.252 e. The summed E-state index contributed by atoms with van der Waals surface area (Å²) >= 11 is 6.26. The van der Waals surface area contributed by atoms with Gasteiger partial charge in [0.15, 0.2) is 0 Å². The van der Waals surface area contributed by atoms with E-state index in [4.69, 9.17) is 15.0 Å². The van der Waals surface area contributed by atoms with Crippen molar-refractivity contribution in [1.82, 2.24) is 15.0 Å². The summed E-state index contributed by atoms with van der Waals surface area (Å²) in [7, 11) is 0. The first-order chi connectivity index (χ1) is 45.8. The standard InChI is InChI=1S/C87H143N3S3/c1-10-17-24-31-37-39-41-43-49-56-63-77-78(64-57-50-44-42-40-38-32-25-18-11-2)90-83-82(89-77)76(68-88-84(83)85-73(65-69(8)91-85)62-51-30-23-16-7)79-67-75-81(72(60-54-47-35-28-21-14-5)61-55-48-36-29-22-15-6)86-74(66-70(9)92-86)80(87(75)93-79)71(58-52-45-33-26-19-12-3)59-53-46-34-27-20-13-4/h65-68,71-72H,10-64H2,1-9H3. The summed E-state index contributed by atoms with van der Waals surface area (Å²) in [6.07, 6.45) is 75.4. The summed E-state index contributed by atoms with van der Waals surface area (Å²) in [5.74, 6) is 1.13. The molecule has 0 atom stereocenters. The summed E-state index contributed by atoms with van der Waals surface area (Å²) in [6, 6.07) is 7.93. The second-order valence-corrected chi connectivity index (χ2v) is 33.2. The van der Waals surface area contributed by atoms with Crippen molar-refractivity contribution < 1.29 is 0 Å². The Hall–Kier alpha value is -2.67. The third kappa shape index (κ3) is 27.9. The van der Waals surface area contributed by atoms with Crippen LogP contribution in [0.3, 0.4) is 0 Å². The predicted octanol–water partition coefficient (Wildman–Crippen LogP) is 31.7. The van der Waals surface area contributed by atoms with E-state index < -0.39 is 0 Å². The lowest BCUT2D eigenvalue weighted by Crippen LogP contribution is -2.06. The molecule has 6 aromatic rings. The molecule has 0 amide bonds. The average molecular weight is 1330 g/mol. The summed E-state index contributed by atoms with van der Waals surface area (Å²) < 4.78 is 3.25. The first-order valence-corrected chi connectivity index (χ1v) is 43.5. The van der Waals surface area contributed by atoms with Crippen LogP contribution in [-0.2, 0) is 19.3 Å². The van der Waals surface area contributed by atoms with Crippen molar-refractivity contribution in [2.45, 2.75) is 427 Å². The fourth-order valence-electron chi connectivity index (χ4n) is 15.6. The van der Waals surface area contributed by atoms with E-state index in [0.29, 0.717) is 11.8 Å². The minimum atomic E-state index is 0.563. The van der Waals surface area contributed by atoms with Gasteiger partial charge in [0.2, 0.25) is 0 Å². The van der Waals surface area contributed by atoms with Crippen LogP contribution in [-0.4, -0.2) is 15.0 Å².